The number of hydrogen-bond acceptors (Lipinski definition) is 5. The third-order valence-electron chi connectivity index (χ3n) is 4.87. The molecule has 1 saturated heterocycles. The second-order valence-corrected chi connectivity index (χ2v) is 8.33. The fourth-order valence-corrected chi connectivity index (χ4v) is 4.89. The van der Waals surface area contributed by atoms with Crippen molar-refractivity contribution in [2.45, 2.75) is 17.4 Å². The molecule has 0 unspecified atom stereocenters. The van der Waals surface area contributed by atoms with Gasteiger partial charge in [0.15, 0.2) is 4.90 Å². The SMILES string of the molecule is CN([C@@H]1CCN(c2ncnc3[nH]ccc23)C1)S(=O)(=O)c1c(F)cccc1F. The minimum Gasteiger partial charge on any atom is -0.354 e. The zero-order valence-electron chi connectivity index (χ0n) is 14.4. The van der Waals surface area contributed by atoms with Gasteiger partial charge in [-0.15, -0.1) is 0 Å². The van der Waals surface area contributed by atoms with Gasteiger partial charge in [-0.1, -0.05) is 6.07 Å². The van der Waals surface area contributed by atoms with Crippen molar-refractivity contribution in [2.24, 2.45) is 0 Å². The van der Waals surface area contributed by atoms with E-state index < -0.39 is 32.6 Å². The van der Waals surface area contributed by atoms with Gasteiger partial charge in [0.25, 0.3) is 0 Å². The van der Waals surface area contributed by atoms with Crippen LogP contribution in [0.2, 0.25) is 0 Å². The summed E-state index contributed by atoms with van der Waals surface area (Å²) in [7, 11) is -2.95. The number of nitrogens with one attached hydrogen (secondary N) is 1. The highest BCUT2D eigenvalue weighted by Gasteiger charge is 2.36. The first-order valence-corrected chi connectivity index (χ1v) is 9.78. The Morgan fingerprint density at radius 2 is 1.96 bits per heavy atom. The number of H-pyrrole nitrogens is 1. The quantitative estimate of drug-likeness (QED) is 0.734. The van der Waals surface area contributed by atoms with Crippen LogP contribution in [0.4, 0.5) is 14.6 Å². The third-order valence-corrected chi connectivity index (χ3v) is 6.83. The molecule has 0 spiro atoms. The van der Waals surface area contributed by atoms with Gasteiger partial charge in [-0.3, -0.25) is 0 Å². The van der Waals surface area contributed by atoms with Crippen molar-refractivity contribution in [3.05, 3.63) is 48.4 Å². The van der Waals surface area contributed by atoms with Crippen LogP contribution in [0.25, 0.3) is 11.0 Å². The Balaban J connectivity index is 1.61. The topological polar surface area (TPSA) is 82.2 Å². The molecular formula is C17H17F2N5O2S. The van der Waals surface area contributed by atoms with E-state index in [0.717, 1.165) is 27.9 Å². The lowest BCUT2D eigenvalue weighted by molar-refractivity contribution is 0.383. The van der Waals surface area contributed by atoms with E-state index in [9.17, 15) is 17.2 Å². The molecule has 1 fully saturated rings. The second-order valence-electron chi connectivity index (χ2n) is 6.40. The van der Waals surface area contributed by atoms with Crippen molar-refractivity contribution < 1.29 is 17.2 Å². The molecule has 1 aromatic carbocycles. The maximum atomic E-state index is 14.0. The summed E-state index contributed by atoms with van der Waals surface area (Å²) < 4.78 is 54.6. The summed E-state index contributed by atoms with van der Waals surface area (Å²) in [5, 5.41) is 0.837. The molecule has 7 nitrogen and oxygen atoms in total. The molecule has 3 aromatic rings. The maximum absolute atomic E-state index is 14.0. The van der Waals surface area contributed by atoms with Crippen molar-refractivity contribution in [3.63, 3.8) is 0 Å². The second kappa shape index (κ2) is 6.54. The average Bonchev–Trinajstić information content (AvgIpc) is 3.29. The zero-order valence-corrected chi connectivity index (χ0v) is 15.2. The van der Waals surface area contributed by atoms with E-state index in [1.165, 1.54) is 13.4 Å². The molecule has 1 aliphatic rings. The molecule has 4 rings (SSSR count). The lowest BCUT2D eigenvalue weighted by atomic mass is 10.3. The highest BCUT2D eigenvalue weighted by molar-refractivity contribution is 7.89. The summed E-state index contributed by atoms with van der Waals surface area (Å²) in [6.07, 6.45) is 3.71. The summed E-state index contributed by atoms with van der Waals surface area (Å²) >= 11 is 0. The van der Waals surface area contributed by atoms with E-state index in [0.29, 0.717) is 31.0 Å². The Bertz CT molecular complexity index is 1080. The first kappa shape index (κ1) is 17.8. The molecule has 0 saturated carbocycles. The highest BCUT2D eigenvalue weighted by atomic mass is 32.2. The van der Waals surface area contributed by atoms with Crippen molar-refractivity contribution in [2.75, 3.05) is 25.0 Å². The average molecular weight is 393 g/mol. The van der Waals surface area contributed by atoms with Crippen molar-refractivity contribution in [3.8, 4) is 0 Å². The van der Waals surface area contributed by atoms with Gasteiger partial charge in [0.05, 0.1) is 5.39 Å². The van der Waals surface area contributed by atoms with Crippen molar-refractivity contribution in [1.29, 1.82) is 0 Å². The van der Waals surface area contributed by atoms with E-state index >= 15 is 0 Å². The van der Waals surface area contributed by atoms with E-state index in [1.54, 1.807) is 6.20 Å². The van der Waals surface area contributed by atoms with E-state index in [4.69, 9.17) is 0 Å². The van der Waals surface area contributed by atoms with Gasteiger partial charge in [0, 0.05) is 32.4 Å². The number of sulfonamides is 1. The summed E-state index contributed by atoms with van der Waals surface area (Å²) in [6.45, 7) is 0.935. The number of likely N-dealkylation sites (N-methyl/N-ethyl adjacent to an activating group) is 1. The van der Waals surface area contributed by atoms with Crippen LogP contribution in [0, 0.1) is 11.6 Å². The van der Waals surface area contributed by atoms with Gasteiger partial charge in [-0.25, -0.2) is 27.2 Å². The fourth-order valence-electron chi connectivity index (χ4n) is 3.41. The lowest BCUT2D eigenvalue weighted by Crippen LogP contribution is -2.39. The minimum atomic E-state index is -4.30. The molecule has 27 heavy (non-hydrogen) atoms. The highest BCUT2D eigenvalue weighted by Crippen LogP contribution is 2.30. The van der Waals surface area contributed by atoms with Gasteiger partial charge >= 0.3 is 0 Å². The Labute approximate surface area is 154 Å². The van der Waals surface area contributed by atoms with Crippen LogP contribution in [-0.2, 0) is 10.0 Å². The van der Waals surface area contributed by atoms with E-state index in [2.05, 4.69) is 15.0 Å². The number of rotatable bonds is 4. The monoisotopic (exact) mass is 393 g/mol. The Morgan fingerprint density at radius 3 is 2.70 bits per heavy atom. The Morgan fingerprint density at radius 1 is 1.22 bits per heavy atom. The van der Waals surface area contributed by atoms with Crippen LogP contribution in [0.5, 0.6) is 0 Å². The number of aromatic nitrogens is 3. The maximum Gasteiger partial charge on any atom is 0.248 e. The van der Waals surface area contributed by atoms with Gasteiger partial charge in [0.2, 0.25) is 10.0 Å². The van der Waals surface area contributed by atoms with Gasteiger partial charge in [-0.2, -0.15) is 4.31 Å². The predicted molar refractivity (Wildman–Crippen MR) is 95.8 cm³/mol. The number of benzene rings is 1. The molecular weight excluding hydrogens is 376 g/mol. The standard InChI is InChI=1S/C17H17F2N5O2S/c1-23(27(25,26)15-13(18)3-2-4-14(15)19)11-6-8-24(9-11)17-12-5-7-20-16(12)21-10-22-17/h2-5,7,10-11H,6,8-9H2,1H3,(H,20,21,22)/t11-/m1/s1. The minimum absolute atomic E-state index is 0.364. The Kier molecular flexibility index (Phi) is 4.31. The summed E-state index contributed by atoms with van der Waals surface area (Å²) in [4.78, 5) is 12.5. The van der Waals surface area contributed by atoms with Crippen molar-refractivity contribution >= 4 is 26.9 Å². The lowest BCUT2D eigenvalue weighted by Gasteiger charge is -2.25. The number of fused-ring (bicyclic) bond motifs is 1. The molecule has 1 N–H and O–H groups in total. The number of nitrogens with zero attached hydrogens (tertiary/aromatic N) is 4. The smallest absolute Gasteiger partial charge is 0.248 e. The predicted octanol–water partition coefficient (Wildman–Crippen LogP) is 2.14. The molecule has 142 valence electrons. The molecule has 0 amide bonds. The fraction of sp³-hybridized carbons (Fsp3) is 0.294. The summed E-state index contributed by atoms with van der Waals surface area (Å²) in [5.41, 5.74) is 0.692. The molecule has 1 atom stereocenters. The van der Waals surface area contributed by atoms with Crippen LogP contribution >= 0.6 is 0 Å². The molecule has 0 aliphatic carbocycles. The first-order chi connectivity index (χ1) is 12.9. The third kappa shape index (κ3) is 2.94. The van der Waals surface area contributed by atoms with Gasteiger partial charge in [-0.05, 0) is 24.6 Å². The molecule has 0 radical (unpaired) electrons. The molecule has 3 heterocycles. The normalized spacial score (nSPS) is 17.9. The van der Waals surface area contributed by atoms with E-state index in [-0.39, 0.29) is 0 Å². The van der Waals surface area contributed by atoms with Gasteiger partial charge < -0.3 is 9.88 Å². The Hall–Kier alpha value is -2.59. The van der Waals surface area contributed by atoms with Crippen LogP contribution < -0.4 is 4.90 Å². The summed E-state index contributed by atoms with van der Waals surface area (Å²) in [6, 6.07) is 4.44. The largest absolute Gasteiger partial charge is 0.354 e. The zero-order chi connectivity index (χ0) is 19.2. The molecule has 2 aromatic heterocycles. The van der Waals surface area contributed by atoms with Crippen LogP contribution in [0.3, 0.4) is 0 Å². The van der Waals surface area contributed by atoms with E-state index in [1.807, 2.05) is 11.0 Å². The molecule has 1 aliphatic heterocycles. The number of halogens is 2. The number of hydrogen-bond donors (Lipinski definition) is 1. The van der Waals surface area contributed by atoms with Crippen molar-refractivity contribution in [1.82, 2.24) is 19.3 Å². The van der Waals surface area contributed by atoms with Crippen LogP contribution in [0.15, 0.2) is 41.7 Å². The number of aromatic amines is 1. The van der Waals surface area contributed by atoms with Crippen LogP contribution in [-0.4, -0.2) is 53.9 Å². The number of anilines is 1. The summed E-state index contributed by atoms with van der Waals surface area (Å²) in [5.74, 6) is -1.49. The van der Waals surface area contributed by atoms with Gasteiger partial charge in [0.1, 0.15) is 29.4 Å². The molecule has 0 bridgehead atoms. The van der Waals surface area contributed by atoms with Crippen LogP contribution in [0.1, 0.15) is 6.42 Å². The first-order valence-electron chi connectivity index (χ1n) is 8.34. The molecule has 10 heteroatoms.